The zero-order valence-electron chi connectivity index (χ0n) is 9.41. The molecule has 14 heavy (non-hydrogen) atoms. The number of aliphatic hydroxyl groups is 1. The van der Waals surface area contributed by atoms with Gasteiger partial charge in [0.05, 0.1) is 6.10 Å². The van der Waals surface area contributed by atoms with Gasteiger partial charge in [0, 0.05) is 0 Å². The first kappa shape index (κ1) is 11.8. The molecule has 0 aromatic heterocycles. The van der Waals surface area contributed by atoms with Crippen molar-refractivity contribution in [2.45, 2.75) is 64.4 Å². The molecule has 0 saturated heterocycles. The molecular formula is C13H24O. The minimum absolute atomic E-state index is 0.104. The zero-order chi connectivity index (χ0) is 10.2. The van der Waals surface area contributed by atoms with Crippen LogP contribution in [0.2, 0.25) is 0 Å². The van der Waals surface area contributed by atoms with Crippen molar-refractivity contribution in [1.82, 2.24) is 0 Å². The van der Waals surface area contributed by atoms with Gasteiger partial charge >= 0.3 is 0 Å². The largest absolute Gasteiger partial charge is 0.393 e. The summed E-state index contributed by atoms with van der Waals surface area (Å²) in [7, 11) is 0. The molecule has 1 nitrogen and oxygen atoms in total. The lowest BCUT2D eigenvalue weighted by Gasteiger charge is -2.06. The molecule has 0 aromatic carbocycles. The molecule has 1 aliphatic rings. The number of hydrogen-bond acceptors (Lipinski definition) is 1. The third kappa shape index (κ3) is 4.80. The Balaban J connectivity index is 2.05. The maximum Gasteiger partial charge on any atom is 0.0574 e. The summed E-state index contributed by atoms with van der Waals surface area (Å²) < 4.78 is 0. The van der Waals surface area contributed by atoms with Crippen molar-refractivity contribution in [3.05, 3.63) is 12.2 Å². The van der Waals surface area contributed by atoms with E-state index in [2.05, 4.69) is 19.1 Å². The summed E-state index contributed by atoms with van der Waals surface area (Å²) in [5.41, 5.74) is 0. The molecular weight excluding hydrogens is 172 g/mol. The van der Waals surface area contributed by atoms with Gasteiger partial charge in [0.15, 0.2) is 0 Å². The molecule has 0 aliphatic heterocycles. The van der Waals surface area contributed by atoms with E-state index in [1.807, 2.05) is 0 Å². The Hall–Kier alpha value is -0.300. The van der Waals surface area contributed by atoms with Crippen molar-refractivity contribution in [1.29, 1.82) is 0 Å². The SMILES string of the molecule is CCCCC(O)C/C=C/C1CCCC1. The third-order valence-corrected chi connectivity index (χ3v) is 3.11. The summed E-state index contributed by atoms with van der Waals surface area (Å²) in [6.07, 6.45) is 14.1. The fraction of sp³-hybridized carbons (Fsp3) is 0.846. The first-order valence-corrected chi connectivity index (χ1v) is 6.17. The molecule has 1 aliphatic carbocycles. The van der Waals surface area contributed by atoms with Gasteiger partial charge in [0.1, 0.15) is 0 Å². The monoisotopic (exact) mass is 196 g/mol. The van der Waals surface area contributed by atoms with Crippen LogP contribution in [0.5, 0.6) is 0 Å². The van der Waals surface area contributed by atoms with Crippen LogP contribution in [0.3, 0.4) is 0 Å². The Kier molecular flexibility index (Phi) is 5.93. The number of aliphatic hydroxyl groups excluding tert-OH is 1. The second-order valence-corrected chi connectivity index (χ2v) is 4.50. The predicted molar refractivity (Wildman–Crippen MR) is 61.2 cm³/mol. The molecule has 0 radical (unpaired) electrons. The lowest BCUT2D eigenvalue weighted by atomic mass is 10.1. The minimum atomic E-state index is -0.104. The second kappa shape index (κ2) is 7.05. The van der Waals surface area contributed by atoms with Crippen molar-refractivity contribution < 1.29 is 5.11 Å². The van der Waals surface area contributed by atoms with Crippen molar-refractivity contribution in [2.24, 2.45) is 5.92 Å². The molecule has 1 saturated carbocycles. The van der Waals surface area contributed by atoms with E-state index in [4.69, 9.17) is 0 Å². The molecule has 0 amide bonds. The van der Waals surface area contributed by atoms with E-state index in [0.29, 0.717) is 0 Å². The topological polar surface area (TPSA) is 20.2 Å². The Bertz CT molecular complexity index is 157. The van der Waals surface area contributed by atoms with Gasteiger partial charge in [-0.3, -0.25) is 0 Å². The van der Waals surface area contributed by atoms with Gasteiger partial charge < -0.3 is 5.11 Å². The molecule has 1 atom stereocenters. The van der Waals surface area contributed by atoms with Crippen LogP contribution in [-0.2, 0) is 0 Å². The van der Waals surface area contributed by atoms with Gasteiger partial charge in [-0.2, -0.15) is 0 Å². The van der Waals surface area contributed by atoms with Crippen LogP contribution in [0.1, 0.15) is 58.3 Å². The molecule has 1 unspecified atom stereocenters. The first-order chi connectivity index (χ1) is 6.83. The van der Waals surface area contributed by atoms with Crippen LogP contribution in [-0.4, -0.2) is 11.2 Å². The van der Waals surface area contributed by atoms with E-state index in [1.54, 1.807) is 0 Å². The second-order valence-electron chi connectivity index (χ2n) is 4.50. The Morgan fingerprint density at radius 2 is 2.07 bits per heavy atom. The Morgan fingerprint density at radius 3 is 2.71 bits per heavy atom. The summed E-state index contributed by atoms with van der Waals surface area (Å²) in [5, 5.41) is 9.60. The first-order valence-electron chi connectivity index (χ1n) is 6.17. The summed E-state index contributed by atoms with van der Waals surface area (Å²) >= 11 is 0. The van der Waals surface area contributed by atoms with Crippen LogP contribution in [0.15, 0.2) is 12.2 Å². The van der Waals surface area contributed by atoms with Gasteiger partial charge in [-0.05, 0) is 31.6 Å². The van der Waals surface area contributed by atoms with Crippen molar-refractivity contribution in [3.63, 3.8) is 0 Å². The van der Waals surface area contributed by atoms with Crippen LogP contribution in [0, 0.1) is 5.92 Å². The van der Waals surface area contributed by atoms with E-state index in [9.17, 15) is 5.11 Å². The quantitative estimate of drug-likeness (QED) is 0.643. The average molecular weight is 196 g/mol. The Morgan fingerprint density at radius 1 is 1.36 bits per heavy atom. The number of unbranched alkanes of at least 4 members (excludes halogenated alkanes) is 1. The van der Waals surface area contributed by atoms with Gasteiger partial charge in [-0.25, -0.2) is 0 Å². The highest BCUT2D eigenvalue weighted by atomic mass is 16.3. The van der Waals surface area contributed by atoms with E-state index in [-0.39, 0.29) is 6.10 Å². The standard InChI is InChI=1S/C13H24O/c1-2-3-10-13(14)11-6-9-12-7-4-5-8-12/h6,9,12-14H,2-5,7-8,10-11H2,1H3/b9-6+. The molecule has 82 valence electrons. The molecule has 0 bridgehead atoms. The van der Waals surface area contributed by atoms with Crippen LogP contribution < -0.4 is 0 Å². The van der Waals surface area contributed by atoms with E-state index >= 15 is 0 Å². The van der Waals surface area contributed by atoms with Crippen molar-refractivity contribution in [3.8, 4) is 0 Å². The highest BCUT2D eigenvalue weighted by Gasteiger charge is 2.11. The predicted octanol–water partition coefficient (Wildman–Crippen LogP) is 3.67. The zero-order valence-corrected chi connectivity index (χ0v) is 9.41. The van der Waals surface area contributed by atoms with E-state index < -0.39 is 0 Å². The highest BCUT2D eigenvalue weighted by molar-refractivity contribution is 4.91. The molecule has 0 aromatic rings. The maximum absolute atomic E-state index is 9.60. The summed E-state index contributed by atoms with van der Waals surface area (Å²) in [5.74, 6) is 0.813. The van der Waals surface area contributed by atoms with E-state index in [1.165, 1.54) is 32.1 Å². The fourth-order valence-electron chi connectivity index (χ4n) is 2.14. The fourth-order valence-corrected chi connectivity index (χ4v) is 2.14. The summed E-state index contributed by atoms with van der Waals surface area (Å²) in [6.45, 7) is 2.17. The summed E-state index contributed by atoms with van der Waals surface area (Å²) in [6, 6.07) is 0. The lowest BCUT2D eigenvalue weighted by Crippen LogP contribution is -2.04. The minimum Gasteiger partial charge on any atom is -0.393 e. The third-order valence-electron chi connectivity index (χ3n) is 3.11. The molecule has 1 N–H and O–H groups in total. The van der Waals surface area contributed by atoms with Gasteiger partial charge in [-0.15, -0.1) is 0 Å². The Labute approximate surface area is 88.2 Å². The highest BCUT2D eigenvalue weighted by Crippen LogP contribution is 2.25. The molecule has 1 heteroatoms. The molecule has 1 rings (SSSR count). The number of rotatable bonds is 6. The molecule has 0 heterocycles. The van der Waals surface area contributed by atoms with Crippen molar-refractivity contribution >= 4 is 0 Å². The number of allylic oxidation sites excluding steroid dienone is 1. The van der Waals surface area contributed by atoms with Crippen LogP contribution >= 0.6 is 0 Å². The van der Waals surface area contributed by atoms with Gasteiger partial charge in [-0.1, -0.05) is 44.8 Å². The van der Waals surface area contributed by atoms with Gasteiger partial charge in [0.2, 0.25) is 0 Å². The summed E-state index contributed by atoms with van der Waals surface area (Å²) in [4.78, 5) is 0. The number of hydrogen-bond donors (Lipinski definition) is 1. The lowest BCUT2D eigenvalue weighted by molar-refractivity contribution is 0.164. The maximum atomic E-state index is 9.60. The van der Waals surface area contributed by atoms with Crippen LogP contribution in [0.4, 0.5) is 0 Å². The molecule has 1 fully saturated rings. The smallest absolute Gasteiger partial charge is 0.0574 e. The van der Waals surface area contributed by atoms with E-state index in [0.717, 1.165) is 25.2 Å². The average Bonchev–Trinajstić information content (AvgIpc) is 2.67. The normalized spacial score (nSPS) is 20.7. The van der Waals surface area contributed by atoms with Gasteiger partial charge in [0.25, 0.3) is 0 Å². The van der Waals surface area contributed by atoms with Crippen LogP contribution in [0.25, 0.3) is 0 Å². The van der Waals surface area contributed by atoms with Crippen molar-refractivity contribution in [2.75, 3.05) is 0 Å². The molecule has 0 spiro atoms.